The average Bonchev–Trinajstić information content (AvgIpc) is 3.38. The number of ether oxygens (including phenoxy) is 1. The second-order valence-electron chi connectivity index (χ2n) is 7.22. The zero-order chi connectivity index (χ0) is 23.8. The van der Waals surface area contributed by atoms with Crippen LogP contribution in [0.25, 0.3) is 16.8 Å². The molecule has 0 aliphatic carbocycles. The Morgan fingerprint density at radius 1 is 0.971 bits per heavy atom. The molecule has 1 aromatic heterocycles. The predicted molar refractivity (Wildman–Crippen MR) is 137 cm³/mol. The van der Waals surface area contributed by atoms with Crippen LogP contribution in [-0.2, 0) is 4.79 Å². The molecule has 3 aromatic carbocycles. The number of benzene rings is 3. The first kappa shape index (κ1) is 22.9. The normalized spacial score (nSPS) is 11.5. The van der Waals surface area contributed by atoms with Crippen LogP contribution in [0.2, 0.25) is 0 Å². The summed E-state index contributed by atoms with van der Waals surface area (Å²) in [5.41, 5.74) is 3.84. The molecule has 0 saturated carbocycles. The molecule has 170 valence electrons. The number of hydrogen-bond acceptors (Lipinski definition) is 5. The van der Waals surface area contributed by atoms with E-state index in [-0.39, 0.29) is 11.6 Å². The summed E-state index contributed by atoms with van der Waals surface area (Å²) in [7, 11) is 0. The van der Waals surface area contributed by atoms with E-state index in [9.17, 15) is 9.59 Å². The SMILES string of the molecule is CCOc1ccc2ccccc2c1/C=N/NC(=O)/C(=C/c1cccs1)NC(=O)c1ccccc1. The van der Waals surface area contributed by atoms with Crippen molar-refractivity contribution in [2.45, 2.75) is 6.92 Å². The van der Waals surface area contributed by atoms with Crippen LogP contribution in [-0.4, -0.2) is 24.6 Å². The number of hydrogen-bond donors (Lipinski definition) is 2. The van der Waals surface area contributed by atoms with E-state index in [0.29, 0.717) is 17.9 Å². The molecule has 0 unspecified atom stereocenters. The van der Waals surface area contributed by atoms with Crippen molar-refractivity contribution in [2.24, 2.45) is 5.10 Å². The summed E-state index contributed by atoms with van der Waals surface area (Å²) < 4.78 is 5.75. The molecule has 0 radical (unpaired) electrons. The van der Waals surface area contributed by atoms with Crippen LogP contribution in [0, 0.1) is 0 Å². The van der Waals surface area contributed by atoms with E-state index in [1.165, 1.54) is 11.3 Å². The summed E-state index contributed by atoms with van der Waals surface area (Å²) in [4.78, 5) is 26.5. The van der Waals surface area contributed by atoms with Gasteiger partial charge in [-0.2, -0.15) is 5.10 Å². The second-order valence-corrected chi connectivity index (χ2v) is 8.20. The number of thiophene rings is 1. The minimum absolute atomic E-state index is 0.0939. The van der Waals surface area contributed by atoms with E-state index in [4.69, 9.17) is 4.74 Å². The van der Waals surface area contributed by atoms with E-state index < -0.39 is 5.91 Å². The maximum Gasteiger partial charge on any atom is 0.287 e. The molecule has 0 spiro atoms. The average molecular weight is 470 g/mol. The van der Waals surface area contributed by atoms with Gasteiger partial charge in [-0.15, -0.1) is 11.3 Å². The molecule has 0 saturated heterocycles. The molecule has 34 heavy (non-hydrogen) atoms. The smallest absolute Gasteiger partial charge is 0.287 e. The van der Waals surface area contributed by atoms with Crippen LogP contribution in [0.5, 0.6) is 5.75 Å². The topological polar surface area (TPSA) is 79.8 Å². The highest BCUT2D eigenvalue weighted by molar-refractivity contribution is 7.10. The lowest BCUT2D eigenvalue weighted by atomic mass is 10.0. The monoisotopic (exact) mass is 469 g/mol. The minimum Gasteiger partial charge on any atom is -0.493 e. The summed E-state index contributed by atoms with van der Waals surface area (Å²) in [6, 6.07) is 24.2. The van der Waals surface area contributed by atoms with Crippen molar-refractivity contribution in [1.29, 1.82) is 0 Å². The summed E-state index contributed by atoms with van der Waals surface area (Å²) in [5.74, 6) is -0.242. The van der Waals surface area contributed by atoms with Gasteiger partial charge in [0.1, 0.15) is 11.4 Å². The number of carbonyl (C=O) groups excluding carboxylic acids is 2. The molecule has 0 bridgehead atoms. The lowest BCUT2D eigenvalue weighted by Gasteiger charge is -2.11. The molecule has 4 aromatic rings. The Balaban J connectivity index is 1.58. The summed E-state index contributed by atoms with van der Waals surface area (Å²) in [6.07, 6.45) is 3.19. The molecular weight excluding hydrogens is 446 g/mol. The van der Waals surface area contributed by atoms with E-state index in [1.54, 1.807) is 36.6 Å². The predicted octanol–water partition coefficient (Wildman–Crippen LogP) is 5.22. The zero-order valence-corrected chi connectivity index (χ0v) is 19.3. The highest BCUT2D eigenvalue weighted by Gasteiger charge is 2.15. The van der Waals surface area contributed by atoms with Crippen molar-refractivity contribution in [3.8, 4) is 5.75 Å². The van der Waals surface area contributed by atoms with Crippen LogP contribution >= 0.6 is 11.3 Å². The van der Waals surface area contributed by atoms with Gasteiger partial charge in [-0.1, -0.05) is 54.6 Å². The third kappa shape index (κ3) is 5.57. The van der Waals surface area contributed by atoms with Crippen molar-refractivity contribution in [3.05, 3.63) is 106 Å². The molecule has 2 amide bonds. The van der Waals surface area contributed by atoms with Gasteiger partial charge in [0.05, 0.1) is 12.8 Å². The Hall–Kier alpha value is -4.23. The number of nitrogens with zero attached hydrogens (tertiary/aromatic N) is 1. The maximum atomic E-state index is 13.0. The fraction of sp³-hybridized carbons (Fsp3) is 0.0741. The van der Waals surface area contributed by atoms with Crippen molar-refractivity contribution in [2.75, 3.05) is 6.61 Å². The van der Waals surface area contributed by atoms with Crippen LogP contribution < -0.4 is 15.5 Å². The third-order valence-electron chi connectivity index (χ3n) is 4.95. The molecular formula is C27H23N3O3S. The Labute approximate surface area is 201 Å². The van der Waals surface area contributed by atoms with Gasteiger partial charge < -0.3 is 10.1 Å². The van der Waals surface area contributed by atoms with Crippen molar-refractivity contribution in [3.63, 3.8) is 0 Å². The van der Waals surface area contributed by atoms with Gasteiger partial charge in [0, 0.05) is 16.0 Å². The number of hydrazone groups is 1. The first-order chi connectivity index (χ1) is 16.7. The number of amides is 2. The van der Waals surface area contributed by atoms with Crippen molar-refractivity contribution in [1.82, 2.24) is 10.7 Å². The van der Waals surface area contributed by atoms with Crippen LogP contribution in [0.1, 0.15) is 27.7 Å². The number of carbonyl (C=O) groups is 2. The Bertz CT molecular complexity index is 1350. The summed E-state index contributed by atoms with van der Waals surface area (Å²) in [5, 5.41) is 10.8. The van der Waals surface area contributed by atoms with Crippen molar-refractivity contribution < 1.29 is 14.3 Å². The molecule has 4 rings (SSSR count). The van der Waals surface area contributed by atoms with Gasteiger partial charge in [0.25, 0.3) is 11.8 Å². The van der Waals surface area contributed by atoms with E-state index >= 15 is 0 Å². The van der Waals surface area contributed by atoms with Gasteiger partial charge in [-0.25, -0.2) is 5.43 Å². The first-order valence-corrected chi connectivity index (χ1v) is 11.6. The van der Waals surface area contributed by atoms with Gasteiger partial charge >= 0.3 is 0 Å². The number of nitrogens with one attached hydrogen (secondary N) is 2. The lowest BCUT2D eigenvalue weighted by Crippen LogP contribution is -2.32. The van der Waals surface area contributed by atoms with Crippen LogP contribution in [0.15, 0.2) is 95.0 Å². The Kier molecular flexibility index (Phi) is 7.47. The maximum absolute atomic E-state index is 13.0. The molecule has 0 aliphatic rings. The largest absolute Gasteiger partial charge is 0.493 e. The van der Waals surface area contributed by atoms with E-state index in [1.807, 2.05) is 66.9 Å². The minimum atomic E-state index is -0.535. The molecule has 2 N–H and O–H groups in total. The molecule has 0 aliphatic heterocycles. The third-order valence-corrected chi connectivity index (χ3v) is 5.77. The Morgan fingerprint density at radius 3 is 2.53 bits per heavy atom. The van der Waals surface area contributed by atoms with Gasteiger partial charge in [-0.05, 0) is 53.4 Å². The Morgan fingerprint density at radius 2 is 1.76 bits per heavy atom. The zero-order valence-electron chi connectivity index (χ0n) is 18.5. The molecule has 0 fully saturated rings. The lowest BCUT2D eigenvalue weighted by molar-refractivity contribution is -0.117. The highest BCUT2D eigenvalue weighted by atomic mass is 32.1. The quantitative estimate of drug-likeness (QED) is 0.211. The number of rotatable bonds is 8. The van der Waals surface area contributed by atoms with E-state index in [0.717, 1.165) is 21.2 Å². The highest BCUT2D eigenvalue weighted by Crippen LogP contribution is 2.26. The van der Waals surface area contributed by atoms with Gasteiger partial charge in [0.2, 0.25) is 0 Å². The van der Waals surface area contributed by atoms with Crippen LogP contribution in [0.4, 0.5) is 0 Å². The van der Waals surface area contributed by atoms with Gasteiger partial charge in [0.15, 0.2) is 0 Å². The summed E-state index contributed by atoms with van der Waals surface area (Å²) >= 11 is 1.46. The van der Waals surface area contributed by atoms with Crippen molar-refractivity contribution >= 4 is 46.2 Å². The first-order valence-electron chi connectivity index (χ1n) is 10.7. The fourth-order valence-corrected chi connectivity index (χ4v) is 4.02. The van der Waals surface area contributed by atoms with E-state index in [2.05, 4.69) is 15.8 Å². The second kappa shape index (κ2) is 11.1. The summed E-state index contributed by atoms with van der Waals surface area (Å²) in [6.45, 7) is 2.42. The molecule has 1 heterocycles. The molecule has 6 nitrogen and oxygen atoms in total. The van der Waals surface area contributed by atoms with Crippen LogP contribution in [0.3, 0.4) is 0 Å². The molecule has 7 heteroatoms. The number of fused-ring (bicyclic) bond motifs is 1. The van der Waals surface area contributed by atoms with Gasteiger partial charge in [-0.3, -0.25) is 9.59 Å². The molecule has 0 atom stereocenters. The fourth-order valence-electron chi connectivity index (χ4n) is 3.36. The standard InChI is InChI=1S/C27H23N3O3S/c1-2-33-25-15-14-19-9-6-7-13-22(19)23(25)18-28-30-27(32)24(17-21-12-8-16-34-21)29-26(31)20-10-4-3-5-11-20/h3-18H,2H2,1H3,(H,29,31)(H,30,32)/b24-17-,28-18+.